The first-order chi connectivity index (χ1) is 9.13. The molecule has 100 valence electrons. The van der Waals surface area contributed by atoms with E-state index in [0.29, 0.717) is 17.4 Å². The smallest absolute Gasteiger partial charge is 0.182 e. The zero-order valence-electron chi connectivity index (χ0n) is 11.2. The van der Waals surface area contributed by atoms with Crippen LogP contribution in [0.2, 0.25) is 0 Å². The molecule has 0 atom stereocenters. The minimum absolute atomic E-state index is 0.296. The third kappa shape index (κ3) is 3.07. The fourth-order valence-electron chi connectivity index (χ4n) is 1.66. The summed E-state index contributed by atoms with van der Waals surface area (Å²) in [6.07, 6.45) is 4.95. The number of aromatic nitrogens is 4. The lowest BCUT2D eigenvalue weighted by atomic mass is 10.1. The molecule has 2 heterocycles. The molecule has 0 aromatic carbocycles. The van der Waals surface area contributed by atoms with Crippen LogP contribution in [0.3, 0.4) is 0 Å². The van der Waals surface area contributed by atoms with Gasteiger partial charge in [0.2, 0.25) is 0 Å². The van der Waals surface area contributed by atoms with Crippen molar-refractivity contribution in [3.05, 3.63) is 28.8 Å². The van der Waals surface area contributed by atoms with Gasteiger partial charge in [0, 0.05) is 18.9 Å². The number of rotatable bonds is 4. The molecule has 0 spiro atoms. The molecule has 0 unspecified atom stereocenters. The van der Waals surface area contributed by atoms with Gasteiger partial charge in [-0.2, -0.15) is 0 Å². The van der Waals surface area contributed by atoms with Gasteiger partial charge in [0.15, 0.2) is 5.82 Å². The highest BCUT2D eigenvalue weighted by molar-refractivity contribution is 9.10. The quantitative estimate of drug-likeness (QED) is 0.936. The Morgan fingerprint density at radius 3 is 2.63 bits per heavy atom. The molecule has 2 aromatic rings. The number of nitrogens with zero attached hydrogens (tertiary/aromatic N) is 4. The lowest BCUT2D eigenvalue weighted by Gasteiger charge is -2.13. The number of hydrogen-bond donors (Lipinski definition) is 1. The Balaban J connectivity index is 2.56. The second kappa shape index (κ2) is 6.06. The van der Waals surface area contributed by atoms with Crippen molar-refractivity contribution in [3.8, 4) is 11.5 Å². The van der Waals surface area contributed by atoms with E-state index in [1.165, 1.54) is 0 Å². The molecule has 0 aliphatic carbocycles. The number of anilines is 1. The van der Waals surface area contributed by atoms with Gasteiger partial charge in [-0.1, -0.05) is 13.8 Å². The standard InChI is InChI=1S/C13H16BrN5/c1-4-16-13-10(14)11(8(2)3)18-12(19-13)9-7-15-5-6-17-9/h5-8H,4H2,1-3H3,(H,16,18,19). The Labute approximate surface area is 121 Å². The lowest BCUT2D eigenvalue weighted by Crippen LogP contribution is -2.07. The van der Waals surface area contributed by atoms with E-state index >= 15 is 0 Å². The zero-order chi connectivity index (χ0) is 13.8. The van der Waals surface area contributed by atoms with E-state index in [1.807, 2.05) is 6.92 Å². The van der Waals surface area contributed by atoms with E-state index in [1.54, 1.807) is 18.6 Å². The van der Waals surface area contributed by atoms with Gasteiger partial charge in [-0.3, -0.25) is 4.98 Å². The Morgan fingerprint density at radius 2 is 2.05 bits per heavy atom. The first-order valence-corrected chi connectivity index (χ1v) is 7.00. The maximum absolute atomic E-state index is 4.58. The maximum atomic E-state index is 4.58. The second-order valence-electron chi connectivity index (χ2n) is 4.37. The SMILES string of the molecule is CCNc1nc(-c2cnccn2)nc(C(C)C)c1Br. The summed E-state index contributed by atoms with van der Waals surface area (Å²) in [5, 5.41) is 3.24. The minimum atomic E-state index is 0.296. The summed E-state index contributed by atoms with van der Waals surface area (Å²) in [7, 11) is 0. The molecule has 2 aromatic heterocycles. The van der Waals surface area contributed by atoms with Crippen LogP contribution in [0.15, 0.2) is 23.1 Å². The molecule has 6 heteroatoms. The van der Waals surface area contributed by atoms with Crippen molar-refractivity contribution in [2.24, 2.45) is 0 Å². The highest BCUT2D eigenvalue weighted by Crippen LogP contribution is 2.30. The van der Waals surface area contributed by atoms with Crippen molar-refractivity contribution in [2.75, 3.05) is 11.9 Å². The van der Waals surface area contributed by atoms with Crippen LogP contribution in [-0.2, 0) is 0 Å². The van der Waals surface area contributed by atoms with Crippen molar-refractivity contribution in [1.82, 2.24) is 19.9 Å². The molecule has 1 N–H and O–H groups in total. The summed E-state index contributed by atoms with van der Waals surface area (Å²) >= 11 is 3.57. The summed E-state index contributed by atoms with van der Waals surface area (Å²) in [5.41, 5.74) is 1.64. The number of halogens is 1. The topological polar surface area (TPSA) is 63.6 Å². The Bertz CT molecular complexity index is 556. The molecule has 19 heavy (non-hydrogen) atoms. The largest absolute Gasteiger partial charge is 0.369 e. The third-order valence-electron chi connectivity index (χ3n) is 2.56. The second-order valence-corrected chi connectivity index (χ2v) is 5.16. The Hall–Kier alpha value is -1.56. The molecule has 0 radical (unpaired) electrons. The van der Waals surface area contributed by atoms with Crippen molar-refractivity contribution in [2.45, 2.75) is 26.7 Å². The highest BCUT2D eigenvalue weighted by Gasteiger charge is 2.16. The average Bonchev–Trinajstić information content (AvgIpc) is 2.42. The molecule has 0 bridgehead atoms. The molecule has 0 saturated heterocycles. The van der Waals surface area contributed by atoms with Crippen molar-refractivity contribution >= 4 is 21.7 Å². The molecule has 0 aliphatic heterocycles. The summed E-state index contributed by atoms with van der Waals surface area (Å²) in [5.74, 6) is 1.68. The molecule has 0 amide bonds. The zero-order valence-corrected chi connectivity index (χ0v) is 12.8. The summed E-state index contributed by atoms with van der Waals surface area (Å²) in [6.45, 7) is 7.03. The van der Waals surface area contributed by atoms with Gasteiger partial charge in [0.25, 0.3) is 0 Å². The van der Waals surface area contributed by atoms with Gasteiger partial charge in [0.05, 0.1) is 16.4 Å². The van der Waals surface area contributed by atoms with Crippen molar-refractivity contribution in [3.63, 3.8) is 0 Å². The van der Waals surface area contributed by atoms with E-state index < -0.39 is 0 Å². The third-order valence-corrected chi connectivity index (χ3v) is 3.34. The first kappa shape index (κ1) is 13.9. The van der Waals surface area contributed by atoms with Gasteiger partial charge in [-0.25, -0.2) is 15.0 Å². The van der Waals surface area contributed by atoms with Gasteiger partial charge in [-0.05, 0) is 28.8 Å². The van der Waals surface area contributed by atoms with Crippen LogP contribution in [0.4, 0.5) is 5.82 Å². The predicted molar refractivity (Wildman–Crippen MR) is 79.0 cm³/mol. The van der Waals surface area contributed by atoms with Crippen LogP contribution >= 0.6 is 15.9 Å². The van der Waals surface area contributed by atoms with Crippen LogP contribution in [0, 0.1) is 0 Å². The Morgan fingerprint density at radius 1 is 1.26 bits per heavy atom. The highest BCUT2D eigenvalue weighted by atomic mass is 79.9. The molecule has 0 aliphatic rings. The van der Waals surface area contributed by atoms with Crippen LogP contribution < -0.4 is 5.32 Å². The summed E-state index contributed by atoms with van der Waals surface area (Å²) < 4.78 is 0.914. The molecule has 2 rings (SSSR count). The fraction of sp³-hybridized carbons (Fsp3) is 0.385. The van der Waals surface area contributed by atoms with Crippen molar-refractivity contribution < 1.29 is 0 Å². The summed E-state index contributed by atoms with van der Waals surface area (Å²) in [4.78, 5) is 17.4. The molecule has 0 fully saturated rings. The van der Waals surface area contributed by atoms with Crippen LogP contribution in [0.25, 0.3) is 11.5 Å². The van der Waals surface area contributed by atoms with E-state index in [9.17, 15) is 0 Å². The van der Waals surface area contributed by atoms with Crippen LogP contribution in [0.1, 0.15) is 32.4 Å². The average molecular weight is 322 g/mol. The molecule has 0 saturated carbocycles. The van der Waals surface area contributed by atoms with E-state index in [0.717, 1.165) is 22.5 Å². The van der Waals surface area contributed by atoms with E-state index in [4.69, 9.17) is 0 Å². The first-order valence-electron chi connectivity index (χ1n) is 6.21. The monoisotopic (exact) mass is 321 g/mol. The lowest BCUT2D eigenvalue weighted by molar-refractivity contribution is 0.808. The fourth-order valence-corrected chi connectivity index (χ4v) is 2.44. The normalized spacial score (nSPS) is 10.8. The summed E-state index contributed by atoms with van der Waals surface area (Å²) in [6, 6.07) is 0. The predicted octanol–water partition coefficient (Wildman–Crippen LogP) is 3.25. The van der Waals surface area contributed by atoms with E-state index in [-0.39, 0.29) is 0 Å². The van der Waals surface area contributed by atoms with Crippen molar-refractivity contribution in [1.29, 1.82) is 0 Å². The molecular weight excluding hydrogens is 306 g/mol. The Kier molecular flexibility index (Phi) is 4.42. The minimum Gasteiger partial charge on any atom is -0.369 e. The van der Waals surface area contributed by atoms with Crippen LogP contribution in [0.5, 0.6) is 0 Å². The van der Waals surface area contributed by atoms with Gasteiger partial charge in [-0.15, -0.1) is 0 Å². The van der Waals surface area contributed by atoms with Gasteiger partial charge >= 0.3 is 0 Å². The number of nitrogens with one attached hydrogen (secondary N) is 1. The molecular formula is C13H16BrN5. The van der Waals surface area contributed by atoms with E-state index in [2.05, 4.69) is 55.0 Å². The van der Waals surface area contributed by atoms with Crippen LogP contribution in [-0.4, -0.2) is 26.5 Å². The van der Waals surface area contributed by atoms with Gasteiger partial charge < -0.3 is 5.32 Å². The maximum Gasteiger partial charge on any atom is 0.182 e. The van der Waals surface area contributed by atoms with Gasteiger partial charge in [0.1, 0.15) is 11.5 Å². The number of hydrogen-bond acceptors (Lipinski definition) is 5. The molecule has 5 nitrogen and oxygen atoms in total.